The van der Waals surface area contributed by atoms with Gasteiger partial charge in [0.1, 0.15) is 5.82 Å². The molecule has 1 aliphatic rings. The Morgan fingerprint density at radius 2 is 1.80 bits per heavy atom. The monoisotopic (exact) mass is 465 g/mol. The van der Waals surface area contributed by atoms with Crippen molar-refractivity contribution in [3.05, 3.63) is 53.2 Å². The van der Waals surface area contributed by atoms with E-state index >= 15 is 0 Å². The topological polar surface area (TPSA) is 74.5 Å². The van der Waals surface area contributed by atoms with E-state index in [2.05, 4.69) is 20.1 Å². The van der Waals surface area contributed by atoms with Crippen LogP contribution in [0.25, 0.3) is 0 Å². The zero-order chi connectivity index (χ0) is 20.3. The lowest BCUT2D eigenvalue weighted by Crippen LogP contribution is -2.44. The number of benzene rings is 1. The molecule has 0 bridgehead atoms. The molecule has 166 valence electrons. The first-order valence-corrected chi connectivity index (χ1v) is 8.88. The molecule has 0 unspecified atom stereocenters. The number of alkyl halides is 3. The minimum Gasteiger partial charge on any atom is -0.354 e. The molecule has 0 saturated carbocycles. The summed E-state index contributed by atoms with van der Waals surface area (Å²) in [5.74, 6) is 0.174. The number of amides is 1. The first-order chi connectivity index (χ1) is 13.3. The van der Waals surface area contributed by atoms with Crippen LogP contribution in [-0.2, 0) is 12.7 Å². The van der Waals surface area contributed by atoms with Crippen molar-refractivity contribution in [2.24, 2.45) is 5.73 Å². The number of carbonyl (C=O) groups is 1. The third-order valence-corrected chi connectivity index (χ3v) is 4.65. The van der Waals surface area contributed by atoms with Crippen LogP contribution in [0.1, 0.15) is 21.5 Å². The number of hydrogen-bond acceptors (Lipinski definition) is 5. The van der Waals surface area contributed by atoms with Crippen LogP contribution in [0.4, 0.5) is 24.7 Å². The van der Waals surface area contributed by atoms with Gasteiger partial charge >= 0.3 is 6.18 Å². The van der Waals surface area contributed by atoms with Crippen molar-refractivity contribution in [3.63, 3.8) is 0 Å². The van der Waals surface area contributed by atoms with Crippen molar-refractivity contribution in [1.29, 1.82) is 0 Å². The minimum absolute atomic E-state index is 0. The molecule has 1 aromatic heterocycles. The quantitative estimate of drug-likeness (QED) is 0.723. The van der Waals surface area contributed by atoms with Crippen LogP contribution < -0.4 is 16.0 Å². The summed E-state index contributed by atoms with van der Waals surface area (Å²) < 4.78 is 39.2. The highest BCUT2D eigenvalue weighted by atomic mass is 35.5. The van der Waals surface area contributed by atoms with Gasteiger partial charge in [-0.25, -0.2) is 4.98 Å². The van der Waals surface area contributed by atoms with Crippen LogP contribution in [-0.4, -0.2) is 49.0 Å². The molecule has 3 N–H and O–H groups in total. The summed E-state index contributed by atoms with van der Waals surface area (Å²) in [6, 6.07) is 6.51. The van der Waals surface area contributed by atoms with E-state index in [1.807, 2.05) is 7.05 Å². The molecule has 1 fully saturated rings. The number of piperazine rings is 1. The Hall–Kier alpha value is -2.07. The SMILES string of the molecule is CN1CCN(c2cc(C(=O)Nc3cc(CN)cc(C(F)(F)F)c3)ccn2)CC1.Cl.Cl. The van der Waals surface area contributed by atoms with Crippen LogP contribution >= 0.6 is 24.8 Å². The standard InChI is InChI=1S/C19H22F3N5O.2ClH/c1-26-4-6-27(7-5-26)17-10-14(2-3-24-17)18(28)25-16-9-13(12-23)8-15(11-16)19(20,21)22;;/h2-3,8-11H,4-7,12,23H2,1H3,(H,25,28);2*1H. The Morgan fingerprint density at radius 1 is 1.13 bits per heavy atom. The van der Waals surface area contributed by atoms with E-state index in [0.29, 0.717) is 11.4 Å². The maximum Gasteiger partial charge on any atom is 0.416 e. The van der Waals surface area contributed by atoms with E-state index in [-0.39, 0.29) is 42.6 Å². The second-order valence-electron chi connectivity index (χ2n) is 6.77. The lowest BCUT2D eigenvalue weighted by molar-refractivity contribution is -0.137. The molecular weight excluding hydrogens is 442 g/mol. The van der Waals surface area contributed by atoms with Gasteiger partial charge in [-0.1, -0.05) is 0 Å². The lowest BCUT2D eigenvalue weighted by Gasteiger charge is -2.33. The molecule has 1 saturated heterocycles. The predicted molar refractivity (Wildman–Crippen MR) is 116 cm³/mol. The van der Waals surface area contributed by atoms with Crippen molar-refractivity contribution < 1.29 is 18.0 Å². The summed E-state index contributed by atoms with van der Waals surface area (Å²) in [7, 11) is 2.04. The number of pyridine rings is 1. The number of aromatic nitrogens is 1. The van der Waals surface area contributed by atoms with Gasteiger partial charge in [-0.3, -0.25) is 4.79 Å². The number of nitrogens with one attached hydrogen (secondary N) is 1. The average molecular weight is 466 g/mol. The Labute approximate surface area is 185 Å². The van der Waals surface area contributed by atoms with Gasteiger partial charge in [0.05, 0.1) is 5.56 Å². The fraction of sp³-hybridized carbons (Fsp3) is 0.368. The number of nitrogens with zero attached hydrogens (tertiary/aromatic N) is 3. The van der Waals surface area contributed by atoms with Crippen molar-refractivity contribution >= 4 is 42.2 Å². The Bertz CT molecular complexity index is 858. The first kappa shape index (κ1) is 26.0. The van der Waals surface area contributed by atoms with Gasteiger partial charge in [0.2, 0.25) is 0 Å². The van der Waals surface area contributed by atoms with Crippen LogP contribution in [0.15, 0.2) is 36.5 Å². The molecule has 0 spiro atoms. The fourth-order valence-corrected chi connectivity index (χ4v) is 3.02. The Morgan fingerprint density at radius 3 is 2.40 bits per heavy atom. The van der Waals surface area contributed by atoms with Gasteiger partial charge in [-0.05, 0) is 42.9 Å². The molecule has 1 amide bonds. The highest BCUT2D eigenvalue weighted by molar-refractivity contribution is 6.04. The van der Waals surface area contributed by atoms with Crippen LogP contribution in [0.2, 0.25) is 0 Å². The molecule has 2 aromatic rings. The van der Waals surface area contributed by atoms with Crippen molar-refractivity contribution in [1.82, 2.24) is 9.88 Å². The largest absolute Gasteiger partial charge is 0.416 e. The van der Waals surface area contributed by atoms with E-state index in [0.717, 1.165) is 38.3 Å². The van der Waals surface area contributed by atoms with E-state index < -0.39 is 17.6 Å². The van der Waals surface area contributed by atoms with Gasteiger partial charge in [0.25, 0.3) is 5.91 Å². The normalized spacial score (nSPS) is 14.5. The minimum atomic E-state index is -4.52. The molecule has 3 rings (SSSR count). The van der Waals surface area contributed by atoms with E-state index in [1.54, 1.807) is 6.07 Å². The molecule has 0 radical (unpaired) electrons. The van der Waals surface area contributed by atoms with Crippen molar-refractivity contribution in [2.75, 3.05) is 43.4 Å². The summed E-state index contributed by atoms with van der Waals surface area (Å²) in [6.07, 6.45) is -2.99. The molecule has 1 aliphatic heterocycles. The highest BCUT2D eigenvalue weighted by Crippen LogP contribution is 2.32. The third kappa shape index (κ3) is 6.46. The molecular formula is C19H24Cl2F3N5O. The molecule has 6 nitrogen and oxygen atoms in total. The van der Waals surface area contributed by atoms with Gasteiger partial charge < -0.3 is 20.9 Å². The molecule has 11 heteroatoms. The van der Waals surface area contributed by atoms with Crippen LogP contribution in [0, 0.1) is 0 Å². The van der Waals surface area contributed by atoms with Gasteiger partial charge in [0.15, 0.2) is 0 Å². The number of halogens is 5. The van der Waals surface area contributed by atoms with E-state index in [9.17, 15) is 18.0 Å². The number of carbonyl (C=O) groups excluding carboxylic acids is 1. The van der Waals surface area contributed by atoms with Gasteiger partial charge in [-0.2, -0.15) is 13.2 Å². The number of likely N-dealkylation sites (N-methyl/N-ethyl adjacent to an activating group) is 1. The summed E-state index contributed by atoms with van der Waals surface area (Å²) in [5, 5.41) is 2.53. The smallest absolute Gasteiger partial charge is 0.354 e. The second-order valence-corrected chi connectivity index (χ2v) is 6.77. The van der Waals surface area contributed by atoms with Crippen LogP contribution in [0.3, 0.4) is 0 Å². The lowest BCUT2D eigenvalue weighted by atomic mass is 10.1. The first-order valence-electron chi connectivity index (χ1n) is 8.88. The molecule has 2 heterocycles. The average Bonchev–Trinajstić information content (AvgIpc) is 2.67. The zero-order valence-electron chi connectivity index (χ0n) is 16.3. The third-order valence-electron chi connectivity index (χ3n) is 4.65. The summed E-state index contributed by atoms with van der Waals surface area (Å²) in [4.78, 5) is 21.2. The van der Waals surface area contributed by atoms with E-state index in [4.69, 9.17) is 5.73 Å². The summed E-state index contributed by atoms with van der Waals surface area (Å²) in [6.45, 7) is 3.31. The number of nitrogens with two attached hydrogens (primary N) is 1. The Balaban J connectivity index is 0.00000225. The summed E-state index contributed by atoms with van der Waals surface area (Å²) >= 11 is 0. The van der Waals surface area contributed by atoms with Gasteiger partial charge in [0, 0.05) is 50.2 Å². The molecule has 0 atom stereocenters. The van der Waals surface area contributed by atoms with E-state index in [1.165, 1.54) is 18.3 Å². The highest BCUT2D eigenvalue weighted by Gasteiger charge is 2.31. The van der Waals surface area contributed by atoms with Gasteiger partial charge in [-0.15, -0.1) is 24.8 Å². The summed E-state index contributed by atoms with van der Waals surface area (Å²) in [5.41, 5.74) is 5.31. The number of rotatable bonds is 4. The Kier molecular flexibility index (Phi) is 9.35. The molecule has 30 heavy (non-hydrogen) atoms. The number of hydrogen-bond donors (Lipinski definition) is 2. The number of anilines is 2. The van der Waals surface area contributed by atoms with Crippen LogP contribution in [0.5, 0.6) is 0 Å². The molecule has 0 aliphatic carbocycles. The maximum absolute atomic E-state index is 13.1. The van der Waals surface area contributed by atoms with Crippen molar-refractivity contribution in [3.8, 4) is 0 Å². The second kappa shape index (κ2) is 10.8. The predicted octanol–water partition coefficient (Wildman–Crippen LogP) is 3.41. The maximum atomic E-state index is 13.1. The zero-order valence-corrected chi connectivity index (χ0v) is 17.9. The fourth-order valence-electron chi connectivity index (χ4n) is 3.02. The molecule has 1 aromatic carbocycles. The van der Waals surface area contributed by atoms with Crippen molar-refractivity contribution in [2.45, 2.75) is 12.7 Å².